The molecule has 3 aliphatic heterocycles. The number of hydrogen-bond acceptors (Lipinski definition) is 4. The van der Waals surface area contributed by atoms with Crippen molar-refractivity contribution in [1.82, 2.24) is 14.7 Å². The lowest BCUT2D eigenvalue weighted by Crippen LogP contribution is -2.52. The van der Waals surface area contributed by atoms with Crippen molar-refractivity contribution in [2.24, 2.45) is 10.8 Å². The third-order valence-electron chi connectivity index (χ3n) is 7.03. The lowest BCUT2D eigenvalue weighted by atomic mass is 9.60. The summed E-state index contributed by atoms with van der Waals surface area (Å²) in [6.07, 6.45) is 2.93. The molecular formula is C20H29N3O2S. The molecule has 4 heterocycles. The first-order chi connectivity index (χ1) is 12.4. The average molecular weight is 376 g/mol. The molecule has 4 rings (SSSR count). The van der Waals surface area contributed by atoms with Gasteiger partial charge in [0.1, 0.15) is 0 Å². The maximum atomic E-state index is 13.1. The van der Waals surface area contributed by atoms with Crippen molar-refractivity contribution in [3.8, 4) is 0 Å². The Morgan fingerprint density at radius 3 is 2.42 bits per heavy atom. The molecule has 1 atom stereocenters. The van der Waals surface area contributed by atoms with Gasteiger partial charge in [-0.05, 0) is 51.4 Å². The highest BCUT2D eigenvalue weighted by atomic mass is 32.1. The molecule has 3 aliphatic rings. The molecule has 1 aromatic heterocycles. The minimum Gasteiger partial charge on any atom is -0.345 e. The number of likely N-dealkylation sites (tertiary alicyclic amines) is 3. The Balaban J connectivity index is 1.53. The lowest BCUT2D eigenvalue weighted by Gasteiger charge is -2.46. The van der Waals surface area contributed by atoms with Crippen LogP contribution in [0.3, 0.4) is 0 Å². The van der Waals surface area contributed by atoms with Crippen LogP contribution in [0.5, 0.6) is 0 Å². The number of carbonyl (C=O) groups excluding carboxylic acids is 2. The summed E-state index contributed by atoms with van der Waals surface area (Å²) in [5, 5.41) is 0. The zero-order valence-corrected chi connectivity index (χ0v) is 16.9. The van der Waals surface area contributed by atoms with Gasteiger partial charge in [0, 0.05) is 55.3 Å². The molecule has 0 N–H and O–H groups in total. The third-order valence-corrected chi connectivity index (χ3v) is 8.02. The van der Waals surface area contributed by atoms with Crippen LogP contribution in [0, 0.1) is 17.8 Å². The van der Waals surface area contributed by atoms with Crippen molar-refractivity contribution in [2.45, 2.75) is 39.7 Å². The van der Waals surface area contributed by atoms with E-state index in [-0.39, 0.29) is 22.6 Å². The van der Waals surface area contributed by atoms with E-state index in [1.54, 1.807) is 6.92 Å². The molecule has 0 unspecified atom stereocenters. The zero-order chi connectivity index (χ0) is 18.5. The van der Waals surface area contributed by atoms with Gasteiger partial charge >= 0.3 is 0 Å². The summed E-state index contributed by atoms with van der Waals surface area (Å²) in [5.41, 5.74) is -0.387. The van der Waals surface area contributed by atoms with E-state index >= 15 is 0 Å². The SMILES string of the molecule is CC(=O)N1CC2(CCN(Cc3ccc(C)s3)CC2)[C@]2(CCN(C)C2=O)C1. The van der Waals surface area contributed by atoms with Crippen LogP contribution in [0.25, 0.3) is 0 Å². The highest BCUT2D eigenvalue weighted by molar-refractivity contribution is 7.11. The Kier molecular flexibility index (Phi) is 4.39. The summed E-state index contributed by atoms with van der Waals surface area (Å²) < 4.78 is 0. The van der Waals surface area contributed by atoms with E-state index in [2.05, 4.69) is 24.0 Å². The predicted molar refractivity (Wildman–Crippen MR) is 103 cm³/mol. The van der Waals surface area contributed by atoms with E-state index in [1.807, 2.05) is 28.2 Å². The summed E-state index contributed by atoms with van der Waals surface area (Å²) in [6.45, 7) is 9.03. The maximum absolute atomic E-state index is 13.1. The molecule has 6 heteroatoms. The van der Waals surface area contributed by atoms with Gasteiger partial charge in [-0.3, -0.25) is 14.5 Å². The van der Waals surface area contributed by atoms with Gasteiger partial charge in [-0.25, -0.2) is 0 Å². The minimum atomic E-state index is -0.348. The number of fused-ring (bicyclic) bond motifs is 1. The molecule has 3 fully saturated rings. The normalized spacial score (nSPS) is 28.7. The number of aryl methyl sites for hydroxylation is 1. The number of nitrogens with zero attached hydrogens (tertiary/aromatic N) is 3. The molecule has 1 aromatic rings. The number of hydrogen-bond donors (Lipinski definition) is 0. The molecule has 0 aromatic carbocycles. The van der Waals surface area contributed by atoms with Crippen LogP contribution < -0.4 is 0 Å². The summed E-state index contributed by atoms with van der Waals surface area (Å²) in [7, 11) is 1.91. The molecule has 26 heavy (non-hydrogen) atoms. The van der Waals surface area contributed by atoms with Gasteiger partial charge in [0.2, 0.25) is 11.8 Å². The second-order valence-electron chi connectivity index (χ2n) is 8.50. The lowest BCUT2D eigenvalue weighted by molar-refractivity contribution is -0.141. The van der Waals surface area contributed by atoms with Gasteiger partial charge in [0.15, 0.2) is 0 Å². The molecule has 3 saturated heterocycles. The second-order valence-corrected chi connectivity index (χ2v) is 9.88. The summed E-state index contributed by atoms with van der Waals surface area (Å²) in [6, 6.07) is 4.42. The van der Waals surface area contributed by atoms with Gasteiger partial charge in [-0.15, -0.1) is 11.3 Å². The number of carbonyl (C=O) groups is 2. The number of rotatable bonds is 2. The second kappa shape index (κ2) is 6.34. The van der Waals surface area contributed by atoms with E-state index in [1.165, 1.54) is 9.75 Å². The predicted octanol–water partition coefficient (Wildman–Crippen LogP) is 2.35. The largest absolute Gasteiger partial charge is 0.345 e. The highest BCUT2D eigenvalue weighted by Gasteiger charge is 2.65. The first-order valence-corrected chi connectivity index (χ1v) is 10.5. The average Bonchev–Trinajstić information content (AvgIpc) is 3.25. The van der Waals surface area contributed by atoms with E-state index < -0.39 is 0 Å². The van der Waals surface area contributed by atoms with E-state index in [9.17, 15) is 9.59 Å². The van der Waals surface area contributed by atoms with E-state index in [0.717, 1.165) is 52.0 Å². The Morgan fingerprint density at radius 1 is 1.15 bits per heavy atom. The topological polar surface area (TPSA) is 43.9 Å². The maximum Gasteiger partial charge on any atom is 0.231 e. The smallest absolute Gasteiger partial charge is 0.231 e. The fraction of sp³-hybridized carbons (Fsp3) is 0.700. The van der Waals surface area contributed by atoms with Crippen LogP contribution in [0.2, 0.25) is 0 Å². The van der Waals surface area contributed by atoms with Crippen molar-refractivity contribution in [1.29, 1.82) is 0 Å². The fourth-order valence-electron chi connectivity index (χ4n) is 5.43. The summed E-state index contributed by atoms with van der Waals surface area (Å²) >= 11 is 1.87. The zero-order valence-electron chi connectivity index (χ0n) is 16.1. The standard InChI is InChI=1S/C20H29N3O2S/c1-15-4-5-17(26-15)12-22-10-6-19(7-11-22)13-23(16(2)24)14-20(19)8-9-21(3)18(20)25/h4-5H,6-14H2,1-3H3/t20-/m1/s1. The van der Waals surface area contributed by atoms with Crippen LogP contribution >= 0.6 is 11.3 Å². The molecule has 5 nitrogen and oxygen atoms in total. The van der Waals surface area contributed by atoms with Crippen molar-refractivity contribution in [3.05, 3.63) is 21.9 Å². The van der Waals surface area contributed by atoms with Crippen molar-refractivity contribution < 1.29 is 9.59 Å². The third kappa shape index (κ3) is 2.69. The molecule has 0 aliphatic carbocycles. The van der Waals surface area contributed by atoms with Crippen LogP contribution in [0.4, 0.5) is 0 Å². The Morgan fingerprint density at radius 2 is 1.88 bits per heavy atom. The Hall–Kier alpha value is -1.40. The minimum absolute atomic E-state index is 0.0393. The van der Waals surface area contributed by atoms with Crippen LogP contribution in [-0.4, -0.2) is 66.3 Å². The van der Waals surface area contributed by atoms with Crippen LogP contribution in [0.1, 0.15) is 35.9 Å². The molecule has 2 spiro atoms. The Labute approximate surface area is 159 Å². The van der Waals surface area contributed by atoms with Gasteiger partial charge in [0.05, 0.1) is 5.41 Å². The van der Waals surface area contributed by atoms with Crippen molar-refractivity contribution in [3.63, 3.8) is 0 Å². The summed E-state index contributed by atoms with van der Waals surface area (Å²) in [5.74, 6) is 0.378. The van der Waals surface area contributed by atoms with E-state index in [4.69, 9.17) is 0 Å². The van der Waals surface area contributed by atoms with Gasteiger partial charge in [-0.2, -0.15) is 0 Å². The van der Waals surface area contributed by atoms with Gasteiger partial charge in [0.25, 0.3) is 0 Å². The molecule has 0 bridgehead atoms. The molecule has 0 saturated carbocycles. The summed E-state index contributed by atoms with van der Waals surface area (Å²) in [4.78, 5) is 34.3. The van der Waals surface area contributed by atoms with Crippen LogP contribution in [0.15, 0.2) is 12.1 Å². The first-order valence-electron chi connectivity index (χ1n) is 9.64. The number of amides is 2. The van der Waals surface area contributed by atoms with Gasteiger partial charge in [-0.1, -0.05) is 0 Å². The van der Waals surface area contributed by atoms with Crippen molar-refractivity contribution in [2.75, 3.05) is 39.8 Å². The molecular weight excluding hydrogens is 346 g/mol. The quantitative estimate of drug-likeness (QED) is 0.797. The van der Waals surface area contributed by atoms with Gasteiger partial charge < -0.3 is 9.80 Å². The number of piperidine rings is 1. The molecule has 2 amide bonds. The fourth-order valence-corrected chi connectivity index (χ4v) is 6.36. The highest BCUT2D eigenvalue weighted by Crippen LogP contribution is 2.57. The molecule has 142 valence electrons. The van der Waals surface area contributed by atoms with E-state index in [0.29, 0.717) is 6.54 Å². The first kappa shape index (κ1) is 18.0. The Bertz CT molecular complexity index is 722. The number of thiophene rings is 1. The van der Waals surface area contributed by atoms with Crippen molar-refractivity contribution >= 4 is 23.2 Å². The monoisotopic (exact) mass is 375 g/mol. The van der Waals surface area contributed by atoms with Crippen LogP contribution in [-0.2, 0) is 16.1 Å². The molecule has 0 radical (unpaired) electrons.